The normalized spacial score (nSPS) is 16.7. The smallest absolute Gasteiger partial charge is 0.262 e. The molecule has 0 radical (unpaired) electrons. The van der Waals surface area contributed by atoms with Crippen molar-refractivity contribution in [2.24, 2.45) is 0 Å². The molecular formula is C43H46O3Si2. The summed E-state index contributed by atoms with van der Waals surface area (Å²) in [5, 5.41) is 4.37. The zero-order valence-electron chi connectivity index (χ0n) is 28.9. The van der Waals surface area contributed by atoms with Gasteiger partial charge in [0.2, 0.25) is 0 Å². The Morgan fingerprint density at radius 2 is 0.917 bits per heavy atom. The third-order valence-electron chi connectivity index (χ3n) is 9.81. The second-order valence-electron chi connectivity index (χ2n) is 14.8. The molecule has 0 heterocycles. The molecule has 48 heavy (non-hydrogen) atoms. The first-order valence-corrected chi connectivity index (χ1v) is 20.7. The zero-order valence-corrected chi connectivity index (χ0v) is 30.9. The predicted octanol–water partition coefficient (Wildman–Crippen LogP) is 8.09. The molecule has 0 saturated heterocycles. The second kappa shape index (κ2) is 13.4. The summed E-state index contributed by atoms with van der Waals surface area (Å²) in [6.45, 7) is 13.8. The molecule has 0 aromatic heterocycles. The lowest BCUT2D eigenvalue weighted by Gasteiger charge is -2.50. The van der Waals surface area contributed by atoms with Crippen LogP contribution in [-0.4, -0.2) is 29.0 Å². The van der Waals surface area contributed by atoms with Crippen molar-refractivity contribution >= 4 is 49.7 Å². The molecule has 1 aliphatic rings. The minimum absolute atomic E-state index is 0.226. The van der Waals surface area contributed by atoms with Gasteiger partial charge in [0.25, 0.3) is 16.6 Å². The van der Waals surface area contributed by atoms with Gasteiger partial charge < -0.3 is 8.85 Å². The molecule has 0 bridgehead atoms. The van der Waals surface area contributed by atoms with Crippen LogP contribution in [0.25, 0.3) is 6.08 Å². The number of rotatable bonds is 9. The van der Waals surface area contributed by atoms with Crippen LogP contribution < -0.4 is 20.7 Å². The van der Waals surface area contributed by atoms with Gasteiger partial charge in [-0.2, -0.15) is 0 Å². The van der Waals surface area contributed by atoms with Crippen molar-refractivity contribution in [3.63, 3.8) is 0 Å². The maximum atomic E-state index is 12.4. The van der Waals surface area contributed by atoms with E-state index >= 15 is 0 Å². The molecule has 0 aliphatic heterocycles. The third kappa shape index (κ3) is 5.90. The Hall–Kier alpha value is -4.14. The molecule has 244 valence electrons. The van der Waals surface area contributed by atoms with Gasteiger partial charge in [0, 0.05) is 5.56 Å². The van der Waals surface area contributed by atoms with Crippen molar-refractivity contribution < 1.29 is 13.6 Å². The van der Waals surface area contributed by atoms with Gasteiger partial charge in [-0.05, 0) is 42.0 Å². The molecule has 6 rings (SSSR count). The molecule has 0 N–H and O–H groups in total. The summed E-state index contributed by atoms with van der Waals surface area (Å²) >= 11 is 0. The number of aldehydes is 1. The Balaban J connectivity index is 1.62. The van der Waals surface area contributed by atoms with Crippen LogP contribution in [0.5, 0.6) is 0 Å². The molecule has 0 unspecified atom stereocenters. The van der Waals surface area contributed by atoms with Gasteiger partial charge in [-0.15, -0.1) is 0 Å². The second-order valence-corrected chi connectivity index (χ2v) is 23.3. The van der Waals surface area contributed by atoms with E-state index in [1.807, 2.05) is 12.1 Å². The molecule has 3 nitrogen and oxygen atoms in total. The van der Waals surface area contributed by atoms with Crippen LogP contribution in [0.3, 0.4) is 0 Å². The quantitative estimate of drug-likeness (QED) is 0.118. The van der Waals surface area contributed by atoms with Gasteiger partial charge in [-0.1, -0.05) is 193 Å². The SMILES string of the molecule is CC(C)(C)[Si](O[C@@H]1c2cccc(C=O)c2C=C[C@H]1O[Si](c1ccccc1)(c1ccccc1)C(C)(C)C)(c1ccccc1)c1ccccc1. The van der Waals surface area contributed by atoms with Gasteiger partial charge in [-0.25, -0.2) is 0 Å². The fourth-order valence-corrected chi connectivity index (χ4v) is 16.9. The largest absolute Gasteiger partial charge is 0.398 e. The summed E-state index contributed by atoms with van der Waals surface area (Å²) in [6, 6.07) is 49.0. The molecular weight excluding hydrogens is 621 g/mol. The van der Waals surface area contributed by atoms with Crippen LogP contribution in [0.1, 0.15) is 69.1 Å². The molecule has 5 aromatic carbocycles. The van der Waals surface area contributed by atoms with E-state index in [-0.39, 0.29) is 10.1 Å². The van der Waals surface area contributed by atoms with E-state index in [2.05, 4.69) is 181 Å². The number of hydrogen-bond acceptors (Lipinski definition) is 3. The fraction of sp³-hybridized carbons (Fsp3) is 0.233. The molecule has 0 amide bonds. The molecule has 1 aliphatic carbocycles. The molecule has 5 aromatic rings. The van der Waals surface area contributed by atoms with E-state index in [0.29, 0.717) is 5.56 Å². The minimum Gasteiger partial charge on any atom is -0.398 e. The summed E-state index contributed by atoms with van der Waals surface area (Å²) in [5.74, 6) is 0. The summed E-state index contributed by atoms with van der Waals surface area (Å²) in [5.41, 5.74) is 2.54. The van der Waals surface area contributed by atoms with Crippen LogP contribution in [0.15, 0.2) is 146 Å². The Morgan fingerprint density at radius 1 is 0.521 bits per heavy atom. The average Bonchev–Trinajstić information content (AvgIpc) is 3.10. The maximum absolute atomic E-state index is 12.4. The van der Waals surface area contributed by atoms with Gasteiger partial charge in [-0.3, -0.25) is 4.79 Å². The lowest BCUT2D eigenvalue weighted by Crippen LogP contribution is -2.69. The Labute approximate surface area is 288 Å². The Morgan fingerprint density at radius 3 is 1.29 bits per heavy atom. The molecule has 0 spiro atoms. The highest BCUT2D eigenvalue weighted by Crippen LogP contribution is 2.46. The number of carbonyl (C=O) groups is 1. The van der Waals surface area contributed by atoms with Crippen molar-refractivity contribution in [2.75, 3.05) is 0 Å². The van der Waals surface area contributed by atoms with Crippen molar-refractivity contribution in [1.29, 1.82) is 0 Å². The van der Waals surface area contributed by atoms with Gasteiger partial charge in [0.1, 0.15) is 6.10 Å². The lowest BCUT2D eigenvalue weighted by atomic mass is 9.90. The first-order chi connectivity index (χ1) is 23.0. The topological polar surface area (TPSA) is 35.5 Å². The number of carbonyl (C=O) groups excluding carboxylic acids is 1. The predicted molar refractivity (Wildman–Crippen MR) is 205 cm³/mol. The van der Waals surface area contributed by atoms with Crippen LogP contribution in [0, 0.1) is 0 Å². The molecule has 0 saturated carbocycles. The van der Waals surface area contributed by atoms with Crippen LogP contribution in [0.4, 0.5) is 0 Å². The maximum Gasteiger partial charge on any atom is 0.262 e. The molecule has 2 atom stereocenters. The average molecular weight is 667 g/mol. The Kier molecular flexibility index (Phi) is 9.43. The Bertz CT molecular complexity index is 1780. The van der Waals surface area contributed by atoms with Crippen LogP contribution in [-0.2, 0) is 8.85 Å². The van der Waals surface area contributed by atoms with E-state index in [0.717, 1.165) is 17.4 Å². The first-order valence-electron chi connectivity index (χ1n) is 16.9. The summed E-state index contributed by atoms with van der Waals surface area (Å²) in [7, 11) is -6.03. The summed E-state index contributed by atoms with van der Waals surface area (Å²) in [4.78, 5) is 12.4. The van der Waals surface area contributed by atoms with Crippen LogP contribution in [0.2, 0.25) is 10.1 Å². The van der Waals surface area contributed by atoms with E-state index in [9.17, 15) is 4.79 Å². The number of benzene rings is 5. The van der Waals surface area contributed by atoms with Gasteiger partial charge in [0.05, 0.1) is 6.10 Å². The monoisotopic (exact) mass is 666 g/mol. The molecule has 5 heteroatoms. The van der Waals surface area contributed by atoms with E-state index in [1.165, 1.54) is 20.7 Å². The van der Waals surface area contributed by atoms with E-state index in [4.69, 9.17) is 8.85 Å². The summed E-state index contributed by atoms with van der Waals surface area (Å²) in [6.07, 6.45) is 4.28. The lowest BCUT2D eigenvalue weighted by molar-refractivity contribution is 0.0675. The third-order valence-corrected chi connectivity index (χ3v) is 19.9. The van der Waals surface area contributed by atoms with Crippen molar-refractivity contribution in [3.05, 3.63) is 162 Å². The van der Waals surface area contributed by atoms with E-state index in [1.54, 1.807) is 0 Å². The highest BCUT2D eigenvalue weighted by atomic mass is 28.4. The summed E-state index contributed by atoms with van der Waals surface area (Å²) < 4.78 is 15.8. The van der Waals surface area contributed by atoms with Gasteiger partial charge in [0.15, 0.2) is 6.29 Å². The zero-order chi connectivity index (χ0) is 34.0. The minimum atomic E-state index is -3.04. The van der Waals surface area contributed by atoms with Crippen molar-refractivity contribution in [3.8, 4) is 0 Å². The highest BCUT2D eigenvalue weighted by molar-refractivity contribution is 7.00. The number of hydrogen-bond donors (Lipinski definition) is 0. The van der Waals surface area contributed by atoms with Gasteiger partial charge >= 0.3 is 0 Å². The first kappa shape index (κ1) is 33.8. The highest BCUT2D eigenvalue weighted by Gasteiger charge is 2.56. The van der Waals surface area contributed by atoms with Crippen molar-refractivity contribution in [2.45, 2.75) is 63.8 Å². The van der Waals surface area contributed by atoms with E-state index < -0.39 is 28.8 Å². The fourth-order valence-electron chi connectivity index (χ4n) is 7.62. The standard InChI is InChI=1S/C43H46O3Si2/c1-42(2,3)47(34-21-11-7-12-22-34,35-23-13-8-14-24-35)45-40-31-30-38-33(32-44)20-19-29-39(38)41(40)46-48(43(4,5)6,36-25-15-9-16-26-36)37-27-17-10-18-28-37/h7-32,40-41H,1-6H3/t40-,41-/m1/s1. The van der Waals surface area contributed by atoms with Crippen molar-refractivity contribution in [1.82, 2.24) is 0 Å². The number of fused-ring (bicyclic) bond motifs is 1. The molecule has 0 fully saturated rings. The van der Waals surface area contributed by atoms with Crippen LogP contribution >= 0.6 is 0 Å².